The van der Waals surface area contributed by atoms with Crippen molar-refractivity contribution in [3.63, 3.8) is 0 Å². The fourth-order valence-electron chi connectivity index (χ4n) is 4.83. The van der Waals surface area contributed by atoms with Gasteiger partial charge < -0.3 is 14.8 Å². The molecule has 0 saturated carbocycles. The minimum absolute atomic E-state index is 0.496. The number of halogens is 3. The van der Waals surface area contributed by atoms with E-state index in [2.05, 4.69) is 70.2 Å². The molecule has 6 heteroatoms. The van der Waals surface area contributed by atoms with Crippen LogP contribution in [0.4, 0.5) is 5.69 Å². The number of anilines is 1. The smallest absolute Gasteiger partial charge is 0.0534 e. The van der Waals surface area contributed by atoms with Crippen molar-refractivity contribution in [2.75, 3.05) is 31.1 Å². The summed E-state index contributed by atoms with van der Waals surface area (Å²) in [6.07, 6.45) is 0.816. The maximum atomic E-state index is 6.45. The molecule has 1 fully saturated rings. The molecule has 1 aromatic heterocycles. The van der Waals surface area contributed by atoms with E-state index in [4.69, 9.17) is 34.8 Å². The molecule has 0 spiro atoms. The van der Waals surface area contributed by atoms with Gasteiger partial charge in [-0.3, -0.25) is 0 Å². The van der Waals surface area contributed by atoms with Gasteiger partial charge in [0, 0.05) is 59.2 Å². The average molecular weight is 525 g/mol. The Balaban J connectivity index is 1.54. The van der Waals surface area contributed by atoms with Crippen molar-refractivity contribution in [1.82, 2.24) is 9.88 Å². The summed E-state index contributed by atoms with van der Waals surface area (Å²) in [4.78, 5) is 2.43. The molecular formula is C29H28Cl3N3. The van der Waals surface area contributed by atoms with E-state index < -0.39 is 0 Å². The maximum absolute atomic E-state index is 6.45. The topological polar surface area (TPSA) is 20.2 Å². The molecule has 1 N–H and O–H groups in total. The fraction of sp³-hybridized carbons (Fsp3) is 0.241. The van der Waals surface area contributed by atoms with Crippen LogP contribution in [-0.4, -0.2) is 30.7 Å². The number of hydrogen-bond donors (Lipinski definition) is 1. The summed E-state index contributed by atoms with van der Waals surface area (Å²) in [5, 5.41) is 4.87. The highest BCUT2D eigenvalue weighted by Gasteiger charge is 2.18. The Bertz CT molecular complexity index is 1300. The molecule has 1 aliphatic heterocycles. The lowest BCUT2D eigenvalue weighted by Gasteiger charge is -2.30. The number of nitrogens with zero attached hydrogens (tertiary/aromatic N) is 2. The molecular weight excluding hydrogens is 497 g/mol. The SMILES string of the molecule is Cc1c(Cc2ccc(N3CCNCC3)cc2CCl)cc(-c2ccc(Cl)cc2)n1-c1ccc(Cl)cc1. The van der Waals surface area contributed by atoms with Gasteiger partial charge in [-0.15, -0.1) is 11.6 Å². The summed E-state index contributed by atoms with van der Waals surface area (Å²) in [6, 6.07) is 25.0. The second-order valence-electron chi connectivity index (χ2n) is 8.96. The fourth-order valence-corrected chi connectivity index (χ4v) is 5.33. The molecule has 5 rings (SSSR count). The van der Waals surface area contributed by atoms with Crippen LogP contribution in [0.1, 0.15) is 22.4 Å². The van der Waals surface area contributed by atoms with Crippen molar-refractivity contribution in [3.05, 3.63) is 105 Å². The van der Waals surface area contributed by atoms with E-state index in [1.165, 1.54) is 28.1 Å². The van der Waals surface area contributed by atoms with Crippen LogP contribution in [0.25, 0.3) is 16.9 Å². The van der Waals surface area contributed by atoms with E-state index >= 15 is 0 Å². The Kier molecular flexibility index (Phi) is 7.40. The monoisotopic (exact) mass is 523 g/mol. The Morgan fingerprint density at radius 1 is 0.743 bits per heavy atom. The first-order valence-corrected chi connectivity index (χ1v) is 13.2. The highest BCUT2D eigenvalue weighted by Crippen LogP contribution is 2.33. The largest absolute Gasteiger partial charge is 0.369 e. The first-order chi connectivity index (χ1) is 17.0. The first-order valence-electron chi connectivity index (χ1n) is 11.9. The minimum atomic E-state index is 0.496. The van der Waals surface area contributed by atoms with E-state index in [1.807, 2.05) is 24.3 Å². The van der Waals surface area contributed by atoms with Crippen molar-refractivity contribution in [2.24, 2.45) is 0 Å². The van der Waals surface area contributed by atoms with Gasteiger partial charge in [0.05, 0.1) is 5.69 Å². The van der Waals surface area contributed by atoms with Gasteiger partial charge in [-0.1, -0.05) is 41.4 Å². The van der Waals surface area contributed by atoms with E-state index in [-0.39, 0.29) is 0 Å². The van der Waals surface area contributed by atoms with E-state index in [0.717, 1.165) is 59.6 Å². The van der Waals surface area contributed by atoms with E-state index in [9.17, 15) is 0 Å². The number of nitrogens with one attached hydrogen (secondary N) is 1. The van der Waals surface area contributed by atoms with Gasteiger partial charge in [0.2, 0.25) is 0 Å². The highest BCUT2D eigenvalue weighted by molar-refractivity contribution is 6.30. The molecule has 4 aromatic rings. The highest BCUT2D eigenvalue weighted by atomic mass is 35.5. The third-order valence-corrected chi connectivity index (χ3v) is 7.57. The standard InChI is InChI=1S/C29H28Cl3N3/c1-20-23(16-22-4-9-28(17-24(22)19-30)34-14-12-33-13-15-34)18-29(21-2-5-25(31)6-3-21)35(20)27-10-7-26(32)8-11-27/h2-11,17-18,33H,12-16,19H2,1H3. The van der Waals surface area contributed by atoms with Gasteiger partial charge in [-0.25, -0.2) is 0 Å². The minimum Gasteiger partial charge on any atom is -0.369 e. The van der Waals surface area contributed by atoms with Gasteiger partial charge in [0.1, 0.15) is 0 Å². The summed E-state index contributed by atoms with van der Waals surface area (Å²) < 4.78 is 2.30. The van der Waals surface area contributed by atoms with Crippen molar-refractivity contribution in [1.29, 1.82) is 0 Å². The summed E-state index contributed by atoms with van der Waals surface area (Å²) in [7, 11) is 0. The van der Waals surface area contributed by atoms with Crippen molar-refractivity contribution in [2.45, 2.75) is 19.2 Å². The Morgan fingerprint density at radius 3 is 2.03 bits per heavy atom. The molecule has 0 aliphatic carbocycles. The van der Waals surface area contributed by atoms with E-state index in [1.54, 1.807) is 0 Å². The van der Waals surface area contributed by atoms with Gasteiger partial charge in [-0.05, 0) is 90.2 Å². The van der Waals surface area contributed by atoms with Crippen LogP contribution in [0.15, 0.2) is 72.8 Å². The number of aromatic nitrogens is 1. The predicted octanol–water partition coefficient (Wildman–Crippen LogP) is 7.50. The predicted molar refractivity (Wildman–Crippen MR) is 150 cm³/mol. The second kappa shape index (κ2) is 10.7. The molecule has 3 aromatic carbocycles. The van der Waals surface area contributed by atoms with Gasteiger partial charge >= 0.3 is 0 Å². The van der Waals surface area contributed by atoms with Gasteiger partial charge in [0.15, 0.2) is 0 Å². The van der Waals surface area contributed by atoms with Crippen LogP contribution in [0.2, 0.25) is 10.0 Å². The van der Waals surface area contributed by atoms with Crippen molar-refractivity contribution < 1.29 is 0 Å². The zero-order valence-corrected chi connectivity index (χ0v) is 22.0. The summed E-state index contributed by atoms with van der Waals surface area (Å²) in [5.41, 5.74) is 9.49. The quantitative estimate of drug-likeness (QED) is 0.264. The van der Waals surface area contributed by atoms with Crippen LogP contribution >= 0.6 is 34.8 Å². The molecule has 0 radical (unpaired) electrons. The molecule has 1 saturated heterocycles. The van der Waals surface area contributed by atoms with Crippen LogP contribution in [0.5, 0.6) is 0 Å². The first kappa shape index (κ1) is 24.3. The molecule has 0 unspecified atom stereocenters. The van der Waals surface area contributed by atoms with Crippen LogP contribution in [-0.2, 0) is 12.3 Å². The number of piperazine rings is 1. The summed E-state index contributed by atoms with van der Waals surface area (Å²) >= 11 is 18.8. The molecule has 1 aliphatic rings. The lowest BCUT2D eigenvalue weighted by molar-refractivity contribution is 0.589. The molecule has 0 amide bonds. The number of rotatable bonds is 6. The van der Waals surface area contributed by atoms with Gasteiger partial charge in [0.25, 0.3) is 0 Å². The zero-order valence-electron chi connectivity index (χ0n) is 19.7. The molecule has 35 heavy (non-hydrogen) atoms. The molecule has 3 nitrogen and oxygen atoms in total. The number of benzene rings is 3. The summed E-state index contributed by atoms with van der Waals surface area (Å²) in [5.74, 6) is 0.496. The lowest BCUT2D eigenvalue weighted by atomic mass is 9.99. The second-order valence-corrected chi connectivity index (χ2v) is 10.1. The third-order valence-electron chi connectivity index (χ3n) is 6.77. The molecule has 0 atom stereocenters. The van der Waals surface area contributed by atoms with Gasteiger partial charge in [-0.2, -0.15) is 0 Å². The Hall–Kier alpha value is -2.43. The maximum Gasteiger partial charge on any atom is 0.0534 e. The van der Waals surface area contributed by atoms with Crippen LogP contribution < -0.4 is 10.2 Å². The van der Waals surface area contributed by atoms with Crippen LogP contribution in [0, 0.1) is 6.92 Å². The van der Waals surface area contributed by atoms with Crippen molar-refractivity contribution in [3.8, 4) is 16.9 Å². The Morgan fingerprint density at radius 2 is 1.37 bits per heavy atom. The van der Waals surface area contributed by atoms with Crippen LogP contribution in [0.3, 0.4) is 0 Å². The lowest BCUT2D eigenvalue weighted by Crippen LogP contribution is -2.43. The number of hydrogen-bond acceptors (Lipinski definition) is 2. The molecule has 180 valence electrons. The third kappa shape index (κ3) is 5.24. The number of alkyl halides is 1. The Labute approximate surface area is 222 Å². The summed E-state index contributed by atoms with van der Waals surface area (Å²) in [6.45, 7) is 6.26. The van der Waals surface area contributed by atoms with Crippen molar-refractivity contribution >= 4 is 40.5 Å². The zero-order chi connectivity index (χ0) is 24.4. The molecule has 0 bridgehead atoms. The van der Waals surface area contributed by atoms with E-state index in [0.29, 0.717) is 5.88 Å². The average Bonchev–Trinajstić information content (AvgIpc) is 3.21. The molecule has 2 heterocycles. The normalized spacial score (nSPS) is 13.9.